The predicted octanol–water partition coefficient (Wildman–Crippen LogP) is 3.64. The highest BCUT2D eigenvalue weighted by molar-refractivity contribution is 7.16. The summed E-state index contributed by atoms with van der Waals surface area (Å²) < 4.78 is 14.2. The van der Waals surface area contributed by atoms with Gasteiger partial charge in [-0.15, -0.1) is 11.3 Å². The molecule has 2 heterocycles. The normalized spacial score (nSPS) is 11.9. The minimum Gasteiger partial charge on any atom is -0.493 e. The maximum atomic E-state index is 12.2. The fourth-order valence-corrected chi connectivity index (χ4v) is 4.43. The molecule has 0 aliphatic carbocycles. The Balaban J connectivity index is 1.99. The van der Waals surface area contributed by atoms with Crippen molar-refractivity contribution in [3.63, 3.8) is 0 Å². The highest BCUT2D eigenvalue weighted by Crippen LogP contribution is 2.33. The zero-order valence-corrected chi connectivity index (χ0v) is 15.7. The summed E-state index contributed by atoms with van der Waals surface area (Å²) in [6.07, 6.45) is 0.248. The summed E-state index contributed by atoms with van der Waals surface area (Å²) >= 11 is 8.72. The Bertz CT molecular complexity index is 972. The first-order valence-electron chi connectivity index (χ1n) is 7.05. The van der Waals surface area contributed by atoms with Gasteiger partial charge in [0.1, 0.15) is 0 Å². The van der Waals surface area contributed by atoms with Gasteiger partial charge in [-0.1, -0.05) is 22.9 Å². The lowest BCUT2D eigenvalue weighted by atomic mass is 10.3. The van der Waals surface area contributed by atoms with Gasteiger partial charge in [0.15, 0.2) is 16.3 Å². The molecule has 0 unspecified atom stereocenters. The maximum absolute atomic E-state index is 12.2. The molecule has 0 aliphatic heterocycles. The Morgan fingerprint density at radius 2 is 1.92 bits per heavy atom. The Morgan fingerprint density at radius 1 is 1.21 bits per heavy atom. The molecule has 8 heteroatoms. The van der Waals surface area contributed by atoms with E-state index in [9.17, 15) is 4.79 Å². The first-order valence-corrected chi connectivity index (χ1v) is 9.06. The van der Waals surface area contributed by atoms with Crippen LogP contribution in [0, 0.1) is 0 Å². The van der Waals surface area contributed by atoms with E-state index in [0.717, 1.165) is 15.1 Å². The number of aryl methyl sites for hydroxylation is 1. The summed E-state index contributed by atoms with van der Waals surface area (Å²) in [5.74, 6) is 1.09. The van der Waals surface area contributed by atoms with Gasteiger partial charge >= 0.3 is 0 Å². The molecule has 0 saturated heterocycles. The number of hydrogen-bond donors (Lipinski definition) is 0. The SMILES string of the molecule is COc1cc2sc(=NC(=O)Cc3ccc(Cl)s3)n(C)c2cc1OC. The standard InChI is InChI=1S/C16H15ClN2O3S2/c1-19-10-7-11(21-2)12(22-3)8-13(10)24-16(19)18-15(20)6-9-4-5-14(17)23-9/h4-5,7-8H,6H2,1-3H3. The van der Waals surface area contributed by atoms with E-state index in [1.54, 1.807) is 20.3 Å². The van der Waals surface area contributed by atoms with Crippen LogP contribution < -0.4 is 14.3 Å². The number of thiazole rings is 1. The number of carbonyl (C=O) groups is 1. The quantitative estimate of drug-likeness (QED) is 0.692. The molecule has 0 fully saturated rings. The Morgan fingerprint density at radius 3 is 2.54 bits per heavy atom. The van der Waals surface area contributed by atoms with Crippen LogP contribution in [0.4, 0.5) is 0 Å². The number of benzene rings is 1. The molecule has 1 amide bonds. The van der Waals surface area contributed by atoms with Crippen molar-refractivity contribution < 1.29 is 14.3 Å². The first-order chi connectivity index (χ1) is 11.5. The van der Waals surface area contributed by atoms with Crippen LogP contribution >= 0.6 is 34.3 Å². The third kappa shape index (κ3) is 3.33. The fraction of sp³-hybridized carbons (Fsp3) is 0.250. The van der Waals surface area contributed by atoms with Crippen molar-refractivity contribution in [1.82, 2.24) is 4.57 Å². The zero-order chi connectivity index (χ0) is 17.3. The van der Waals surface area contributed by atoms with Crippen molar-refractivity contribution in [3.05, 3.63) is 38.3 Å². The second-order valence-electron chi connectivity index (χ2n) is 5.01. The zero-order valence-electron chi connectivity index (χ0n) is 13.3. The molecule has 2 aromatic heterocycles. The van der Waals surface area contributed by atoms with E-state index in [-0.39, 0.29) is 12.3 Å². The van der Waals surface area contributed by atoms with Crippen LogP contribution in [0.3, 0.4) is 0 Å². The third-order valence-electron chi connectivity index (χ3n) is 3.49. The lowest BCUT2D eigenvalue weighted by molar-refractivity contribution is -0.117. The summed E-state index contributed by atoms with van der Waals surface area (Å²) in [6, 6.07) is 7.41. The van der Waals surface area contributed by atoms with Crippen molar-refractivity contribution in [3.8, 4) is 11.5 Å². The smallest absolute Gasteiger partial charge is 0.253 e. The predicted molar refractivity (Wildman–Crippen MR) is 97.5 cm³/mol. The molecule has 0 spiro atoms. The molecule has 126 valence electrons. The number of rotatable bonds is 4. The molecule has 1 aromatic carbocycles. The second-order valence-corrected chi connectivity index (χ2v) is 7.82. The van der Waals surface area contributed by atoms with Crippen LogP contribution in [0.2, 0.25) is 4.34 Å². The summed E-state index contributed by atoms with van der Waals surface area (Å²) in [5, 5.41) is 0. The van der Waals surface area contributed by atoms with Gasteiger partial charge in [-0.3, -0.25) is 4.79 Å². The minimum absolute atomic E-state index is 0.199. The van der Waals surface area contributed by atoms with Crippen molar-refractivity contribution in [2.75, 3.05) is 14.2 Å². The third-order valence-corrected chi connectivity index (χ3v) is 5.82. The van der Waals surface area contributed by atoms with Crippen LogP contribution in [0.25, 0.3) is 10.2 Å². The Kier molecular flexibility index (Phi) is 4.93. The molecule has 0 aliphatic rings. The average Bonchev–Trinajstić information content (AvgIpc) is 3.09. The number of fused-ring (bicyclic) bond motifs is 1. The molecular weight excluding hydrogens is 368 g/mol. The second kappa shape index (κ2) is 6.96. The molecule has 0 saturated carbocycles. The van der Waals surface area contributed by atoms with Gasteiger partial charge in [0.05, 0.1) is 35.2 Å². The molecule has 3 aromatic rings. The molecule has 0 bridgehead atoms. The molecule has 0 atom stereocenters. The number of hydrogen-bond acceptors (Lipinski definition) is 5. The van der Waals surface area contributed by atoms with Crippen LogP contribution in [-0.2, 0) is 18.3 Å². The number of thiophene rings is 1. The van der Waals surface area contributed by atoms with E-state index in [0.29, 0.717) is 20.6 Å². The van der Waals surface area contributed by atoms with E-state index in [4.69, 9.17) is 21.1 Å². The first kappa shape index (κ1) is 17.0. The number of nitrogens with zero attached hydrogens (tertiary/aromatic N) is 2. The van der Waals surface area contributed by atoms with Crippen molar-refractivity contribution in [1.29, 1.82) is 0 Å². The number of halogens is 1. The van der Waals surface area contributed by atoms with Gasteiger partial charge in [0.25, 0.3) is 5.91 Å². The summed E-state index contributed by atoms with van der Waals surface area (Å²) in [5.41, 5.74) is 0.934. The summed E-state index contributed by atoms with van der Waals surface area (Å²) in [4.78, 5) is 18.0. The van der Waals surface area contributed by atoms with Crippen LogP contribution in [-0.4, -0.2) is 24.7 Å². The minimum atomic E-state index is -0.199. The number of carbonyl (C=O) groups excluding carboxylic acids is 1. The van der Waals surface area contributed by atoms with E-state index in [1.165, 1.54) is 22.7 Å². The topological polar surface area (TPSA) is 52.8 Å². The van der Waals surface area contributed by atoms with Gasteiger partial charge in [-0.05, 0) is 12.1 Å². The van der Waals surface area contributed by atoms with E-state index in [2.05, 4.69) is 4.99 Å². The monoisotopic (exact) mass is 382 g/mol. The van der Waals surface area contributed by atoms with Gasteiger partial charge in [-0.2, -0.15) is 4.99 Å². The van der Waals surface area contributed by atoms with Crippen LogP contribution in [0.5, 0.6) is 11.5 Å². The molecule has 3 rings (SSSR count). The number of amides is 1. The highest BCUT2D eigenvalue weighted by Gasteiger charge is 2.12. The van der Waals surface area contributed by atoms with E-state index < -0.39 is 0 Å². The number of ether oxygens (including phenoxy) is 2. The van der Waals surface area contributed by atoms with Gasteiger partial charge in [0.2, 0.25) is 0 Å². The van der Waals surface area contributed by atoms with Crippen molar-refractivity contribution in [2.24, 2.45) is 12.0 Å². The van der Waals surface area contributed by atoms with Crippen LogP contribution in [0.15, 0.2) is 29.3 Å². The molecule has 0 radical (unpaired) electrons. The average molecular weight is 383 g/mol. The van der Waals surface area contributed by atoms with Crippen LogP contribution in [0.1, 0.15) is 4.88 Å². The van der Waals surface area contributed by atoms with Gasteiger partial charge in [-0.25, -0.2) is 0 Å². The van der Waals surface area contributed by atoms with Gasteiger partial charge < -0.3 is 14.0 Å². The van der Waals surface area contributed by atoms with Crippen molar-refractivity contribution >= 4 is 50.4 Å². The summed E-state index contributed by atoms with van der Waals surface area (Å²) in [7, 11) is 5.06. The largest absolute Gasteiger partial charge is 0.493 e. The Hall–Kier alpha value is -1.83. The number of methoxy groups -OCH3 is 2. The van der Waals surface area contributed by atoms with Gasteiger partial charge in [0, 0.05) is 24.1 Å². The number of aromatic nitrogens is 1. The van der Waals surface area contributed by atoms with E-state index >= 15 is 0 Å². The molecule has 0 N–H and O–H groups in total. The lowest BCUT2D eigenvalue weighted by Crippen LogP contribution is -2.14. The van der Waals surface area contributed by atoms with E-state index in [1.807, 2.05) is 29.8 Å². The fourth-order valence-electron chi connectivity index (χ4n) is 2.30. The molecular formula is C16H15ClN2O3S2. The Labute approximate surface area is 151 Å². The molecule has 5 nitrogen and oxygen atoms in total. The lowest BCUT2D eigenvalue weighted by Gasteiger charge is -2.07. The van der Waals surface area contributed by atoms with Crippen molar-refractivity contribution in [2.45, 2.75) is 6.42 Å². The maximum Gasteiger partial charge on any atom is 0.253 e. The highest BCUT2D eigenvalue weighted by atomic mass is 35.5. The summed E-state index contributed by atoms with van der Waals surface area (Å²) in [6.45, 7) is 0. The molecule has 24 heavy (non-hydrogen) atoms.